The molecule has 1 atom stereocenters. The van der Waals surface area contributed by atoms with Crippen LogP contribution in [0.4, 0.5) is 5.69 Å². The largest absolute Gasteiger partial charge is 0.486 e. The maximum atomic E-state index is 12.4. The fourth-order valence-electron chi connectivity index (χ4n) is 2.31. The molecule has 0 bridgehead atoms. The summed E-state index contributed by atoms with van der Waals surface area (Å²) in [6, 6.07) is 11.6. The molecule has 24 heavy (non-hydrogen) atoms. The Balaban J connectivity index is 1.65. The molecule has 0 fully saturated rings. The van der Waals surface area contributed by atoms with Crippen molar-refractivity contribution in [1.82, 2.24) is 0 Å². The summed E-state index contributed by atoms with van der Waals surface area (Å²) in [6.07, 6.45) is 0. The highest BCUT2D eigenvalue weighted by Gasteiger charge is 2.18. The molecule has 0 spiro atoms. The van der Waals surface area contributed by atoms with Crippen molar-refractivity contribution in [3.8, 4) is 11.5 Å². The topological polar surface area (TPSA) is 47.6 Å². The summed E-state index contributed by atoms with van der Waals surface area (Å²) in [5.41, 5.74) is 1.92. The zero-order valence-electron chi connectivity index (χ0n) is 13.5. The van der Waals surface area contributed by atoms with E-state index in [1.165, 1.54) is 11.8 Å². The first kappa shape index (κ1) is 17.2. The van der Waals surface area contributed by atoms with Gasteiger partial charge in [0.15, 0.2) is 11.5 Å². The maximum Gasteiger partial charge on any atom is 0.237 e. The minimum absolute atomic E-state index is 0.0422. The van der Waals surface area contributed by atoms with Crippen LogP contribution < -0.4 is 14.8 Å². The molecule has 2 aromatic carbocycles. The molecule has 1 amide bonds. The summed E-state index contributed by atoms with van der Waals surface area (Å²) in [5, 5.41) is 2.72. The highest BCUT2D eigenvalue weighted by Crippen LogP contribution is 2.35. The number of anilines is 1. The van der Waals surface area contributed by atoms with Gasteiger partial charge in [-0.2, -0.15) is 0 Å². The average Bonchev–Trinajstić information content (AvgIpc) is 2.57. The van der Waals surface area contributed by atoms with Crippen LogP contribution in [-0.4, -0.2) is 24.4 Å². The van der Waals surface area contributed by atoms with Crippen LogP contribution in [-0.2, 0) is 4.79 Å². The number of carbonyl (C=O) groups is 1. The molecule has 0 aromatic heterocycles. The predicted molar refractivity (Wildman–Crippen MR) is 100 cm³/mol. The molecule has 1 N–H and O–H groups in total. The number of ether oxygens (including phenoxy) is 2. The Morgan fingerprint density at radius 1 is 1.17 bits per heavy atom. The van der Waals surface area contributed by atoms with Gasteiger partial charge in [0.05, 0.1) is 10.9 Å². The molecule has 0 saturated carbocycles. The van der Waals surface area contributed by atoms with Crippen molar-refractivity contribution in [3.05, 3.63) is 46.4 Å². The molecule has 0 saturated heterocycles. The van der Waals surface area contributed by atoms with Gasteiger partial charge in [-0.25, -0.2) is 0 Å². The van der Waals surface area contributed by atoms with Gasteiger partial charge in [-0.1, -0.05) is 6.07 Å². The molecule has 1 aliphatic heterocycles. The predicted octanol–water partition coefficient (Wildman–Crippen LogP) is 4.65. The van der Waals surface area contributed by atoms with Crippen molar-refractivity contribution >= 4 is 39.3 Å². The summed E-state index contributed by atoms with van der Waals surface area (Å²) in [6.45, 7) is 5.03. The lowest BCUT2D eigenvalue weighted by molar-refractivity contribution is -0.115. The van der Waals surface area contributed by atoms with Crippen molar-refractivity contribution in [2.24, 2.45) is 0 Å². The number of benzene rings is 2. The Hall–Kier alpha value is -1.66. The second-order valence-electron chi connectivity index (χ2n) is 5.54. The summed E-state index contributed by atoms with van der Waals surface area (Å²) in [4.78, 5) is 13.4. The first-order valence-electron chi connectivity index (χ1n) is 7.66. The number of thioether (sulfide) groups is 1. The van der Waals surface area contributed by atoms with E-state index in [1.54, 1.807) is 0 Å². The van der Waals surface area contributed by atoms with E-state index in [2.05, 4.69) is 21.2 Å². The summed E-state index contributed by atoms with van der Waals surface area (Å²) >= 11 is 4.97. The van der Waals surface area contributed by atoms with E-state index in [4.69, 9.17) is 9.47 Å². The van der Waals surface area contributed by atoms with Gasteiger partial charge in [0.1, 0.15) is 13.2 Å². The van der Waals surface area contributed by atoms with Crippen LogP contribution in [0, 0.1) is 6.92 Å². The van der Waals surface area contributed by atoms with Crippen molar-refractivity contribution in [2.45, 2.75) is 24.0 Å². The van der Waals surface area contributed by atoms with Gasteiger partial charge in [-0.05, 0) is 65.7 Å². The van der Waals surface area contributed by atoms with Gasteiger partial charge in [-0.3, -0.25) is 4.79 Å². The summed E-state index contributed by atoms with van der Waals surface area (Å²) in [7, 11) is 0. The van der Waals surface area contributed by atoms with Crippen molar-refractivity contribution in [3.63, 3.8) is 0 Å². The third-order valence-corrected chi connectivity index (χ3v) is 5.33. The summed E-state index contributed by atoms with van der Waals surface area (Å²) < 4.78 is 12.0. The van der Waals surface area contributed by atoms with E-state index in [-0.39, 0.29) is 11.2 Å². The van der Waals surface area contributed by atoms with E-state index in [0.29, 0.717) is 13.2 Å². The molecule has 0 aliphatic carbocycles. The van der Waals surface area contributed by atoms with Gasteiger partial charge in [0.2, 0.25) is 5.91 Å². The molecule has 2 aromatic rings. The van der Waals surface area contributed by atoms with Crippen molar-refractivity contribution < 1.29 is 14.3 Å². The number of nitrogens with one attached hydrogen (secondary N) is 1. The number of aryl methyl sites for hydroxylation is 1. The van der Waals surface area contributed by atoms with Crippen molar-refractivity contribution in [1.29, 1.82) is 0 Å². The highest BCUT2D eigenvalue weighted by molar-refractivity contribution is 9.10. The standard InChI is InChI=1S/C18H18BrNO3S/c1-11-3-5-15(14(19)9-11)20-18(21)12(2)24-13-4-6-16-17(10-13)23-8-7-22-16/h3-6,9-10,12H,7-8H2,1-2H3,(H,20,21). The lowest BCUT2D eigenvalue weighted by Crippen LogP contribution is -2.22. The van der Waals surface area contributed by atoms with E-state index in [1.807, 2.05) is 50.2 Å². The van der Waals surface area contributed by atoms with Gasteiger partial charge >= 0.3 is 0 Å². The average molecular weight is 408 g/mol. The molecule has 4 nitrogen and oxygen atoms in total. The Kier molecular flexibility index (Phi) is 5.36. The Labute approximate surface area is 154 Å². The number of halogens is 1. The molecule has 3 rings (SSSR count). The highest BCUT2D eigenvalue weighted by atomic mass is 79.9. The molecular weight excluding hydrogens is 390 g/mol. The van der Waals surface area contributed by atoms with Crippen LogP contribution in [0.5, 0.6) is 11.5 Å². The molecule has 6 heteroatoms. The first-order valence-corrected chi connectivity index (χ1v) is 9.33. The zero-order valence-corrected chi connectivity index (χ0v) is 15.9. The molecular formula is C18H18BrNO3S. The molecule has 1 aliphatic rings. The molecule has 1 heterocycles. The van der Waals surface area contributed by atoms with Gasteiger partial charge in [-0.15, -0.1) is 11.8 Å². The minimum Gasteiger partial charge on any atom is -0.486 e. The molecule has 126 valence electrons. The smallest absolute Gasteiger partial charge is 0.237 e. The van der Waals surface area contributed by atoms with Crippen LogP contribution in [0.15, 0.2) is 45.8 Å². The van der Waals surface area contributed by atoms with Crippen LogP contribution in [0.1, 0.15) is 12.5 Å². The fourth-order valence-corrected chi connectivity index (χ4v) is 3.80. The van der Waals surface area contributed by atoms with E-state index in [0.717, 1.165) is 32.1 Å². The summed E-state index contributed by atoms with van der Waals surface area (Å²) in [5.74, 6) is 1.45. The lowest BCUT2D eigenvalue weighted by Gasteiger charge is -2.19. The number of carbonyl (C=O) groups excluding carboxylic acids is 1. The second-order valence-corrected chi connectivity index (χ2v) is 7.81. The van der Waals surface area contributed by atoms with Crippen LogP contribution >= 0.6 is 27.7 Å². The van der Waals surface area contributed by atoms with Crippen molar-refractivity contribution in [2.75, 3.05) is 18.5 Å². The molecule has 1 unspecified atom stereocenters. The van der Waals surface area contributed by atoms with Gasteiger partial charge in [0, 0.05) is 9.37 Å². The van der Waals surface area contributed by atoms with E-state index < -0.39 is 0 Å². The van der Waals surface area contributed by atoms with E-state index >= 15 is 0 Å². The SMILES string of the molecule is Cc1ccc(NC(=O)C(C)Sc2ccc3c(c2)OCCO3)c(Br)c1. The van der Waals surface area contributed by atoms with E-state index in [9.17, 15) is 4.79 Å². The monoisotopic (exact) mass is 407 g/mol. The normalized spacial score (nSPS) is 14.1. The van der Waals surface area contributed by atoms with Crippen LogP contribution in [0.2, 0.25) is 0 Å². The third kappa shape index (κ3) is 4.05. The number of hydrogen-bond donors (Lipinski definition) is 1. The number of hydrogen-bond acceptors (Lipinski definition) is 4. The number of amides is 1. The number of fused-ring (bicyclic) bond motifs is 1. The second kappa shape index (κ2) is 7.49. The Bertz CT molecular complexity index is 766. The minimum atomic E-state index is -0.235. The quantitative estimate of drug-likeness (QED) is 0.749. The fraction of sp³-hybridized carbons (Fsp3) is 0.278. The third-order valence-electron chi connectivity index (χ3n) is 3.58. The van der Waals surface area contributed by atoms with Gasteiger partial charge < -0.3 is 14.8 Å². The Morgan fingerprint density at radius 3 is 2.67 bits per heavy atom. The van der Waals surface area contributed by atoms with Gasteiger partial charge in [0.25, 0.3) is 0 Å². The van der Waals surface area contributed by atoms with Crippen LogP contribution in [0.25, 0.3) is 0 Å². The first-order chi connectivity index (χ1) is 11.5. The zero-order chi connectivity index (χ0) is 17.1. The maximum absolute atomic E-state index is 12.4. The lowest BCUT2D eigenvalue weighted by atomic mass is 10.2. The molecule has 0 radical (unpaired) electrons. The Morgan fingerprint density at radius 2 is 1.92 bits per heavy atom. The number of rotatable bonds is 4. The van der Waals surface area contributed by atoms with Crippen LogP contribution in [0.3, 0.4) is 0 Å².